The van der Waals surface area contributed by atoms with Crippen LogP contribution in [0.1, 0.15) is 31.7 Å². The number of nitro groups is 1. The van der Waals surface area contributed by atoms with Gasteiger partial charge in [-0.2, -0.15) is 4.39 Å². The van der Waals surface area contributed by atoms with Crippen molar-refractivity contribution in [2.45, 2.75) is 32.7 Å². The molecule has 0 aliphatic heterocycles. The van der Waals surface area contributed by atoms with Crippen LogP contribution in [0.2, 0.25) is 0 Å². The molecule has 0 bridgehead atoms. The van der Waals surface area contributed by atoms with Crippen LogP contribution in [0.5, 0.6) is 0 Å². The molecule has 0 radical (unpaired) electrons. The van der Waals surface area contributed by atoms with Crippen LogP contribution in [0.4, 0.5) is 14.5 Å². The number of hydrogen-bond donors (Lipinski definition) is 1. The highest BCUT2D eigenvalue weighted by atomic mass is 19.1. The number of hydrogen-bond acceptors (Lipinski definition) is 3. The van der Waals surface area contributed by atoms with Crippen molar-refractivity contribution in [3.8, 4) is 0 Å². The van der Waals surface area contributed by atoms with Crippen LogP contribution >= 0.6 is 0 Å². The normalized spacial score (nSPS) is 22.1. The monoisotopic (exact) mass is 284 g/mol. The van der Waals surface area contributed by atoms with Gasteiger partial charge < -0.3 is 5.32 Å². The van der Waals surface area contributed by atoms with Crippen molar-refractivity contribution in [1.82, 2.24) is 5.32 Å². The molecule has 1 aliphatic rings. The second-order valence-electron chi connectivity index (χ2n) is 5.45. The average molecular weight is 284 g/mol. The predicted octanol–water partition coefficient (Wildman–Crippen LogP) is 3.40. The van der Waals surface area contributed by atoms with Crippen molar-refractivity contribution in [2.75, 3.05) is 6.54 Å². The van der Waals surface area contributed by atoms with Crippen LogP contribution in [0.15, 0.2) is 12.1 Å². The SMILES string of the molecule is CC1CCCC1CNCc1cc([N+](=O)[O-])c(F)cc1F. The van der Waals surface area contributed by atoms with Gasteiger partial charge in [0.05, 0.1) is 4.92 Å². The van der Waals surface area contributed by atoms with E-state index in [9.17, 15) is 18.9 Å². The first-order valence-corrected chi connectivity index (χ1v) is 6.82. The van der Waals surface area contributed by atoms with E-state index in [1.807, 2.05) is 0 Å². The van der Waals surface area contributed by atoms with E-state index in [2.05, 4.69) is 12.2 Å². The maximum Gasteiger partial charge on any atom is 0.305 e. The van der Waals surface area contributed by atoms with Crippen molar-refractivity contribution in [3.05, 3.63) is 39.4 Å². The fraction of sp³-hybridized carbons (Fsp3) is 0.571. The summed E-state index contributed by atoms with van der Waals surface area (Å²) in [5.74, 6) is -0.677. The Hall–Kier alpha value is -1.56. The standard InChI is InChI=1S/C14H18F2N2O2/c1-9-3-2-4-10(9)7-17-8-11-5-14(18(19)20)13(16)6-12(11)15/h5-6,9-10,17H,2-4,7-8H2,1H3. The van der Waals surface area contributed by atoms with Crippen LogP contribution in [-0.2, 0) is 6.54 Å². The van der Waals surface area contributed by atoms with Crippen molar-refractivity contribution in [2.24, 2.45) is 11.8 Å². The van der Waals surface area contributed by atoms with Crippen LogP contribution in [0.3, 0.4) is 0 Å². The molecule has 0 aromatic heterocycles. The fourth-order valence-electron chi connectivity index (χ4n) is 2.77. The zero-order valence-corrected chi connectivity index (χ0v) is 11.4. The van der Waals surface area contributed by atoms with E-state index in [4.69, 9.17) is 0 Å². The number of halogens is 2. The first-order valence-electron chi connectivity index (χ1n) is 6.82. The Morgan fingerprint density at radius 2 is 2.10 bits per heavy atom. The molecule has 1 aliphatic carbocycles. The fourth-order valence-corrected chi connectivity index (χ4v) is 2.77. The summed E-state index contributed by atoms with van der Waals surface area (Å²) >= 11 is 0. The van der Waals surface area contributed by atoms with Gasteiger partial charge >= 0.3 is 5.69 Å². The Kier molecular flexibility index (Phi) is 4.65. The summed E-state index contributed by atoms with van der Waals surface area (Å²) in [7, 11) is 0. The Labute approximate surface area is 116 Å². The predicted molar refractivity (Wildman–Crippen MR) is 71.2 cm³/mol. The third-order valence-electron chi connectivity index (χ3n) is 4.07. The zero-order chi connectivity index (χ0) is 14.7. The van der Waals surface area contributed by atoms with E-state index in [0.29, 0.717) is 17.9 Å². The van der Waals surface area contributed by atoms with Gasteiger partial charge in [-0.3, -0.25) is 10.1 Å². The minimum Gasteiger partial charge on any atom is -0.312 e. The first kappa shape index (κ1) is 14.8. The first-order chi connectivity index (χ1) is 9.49. The van der Waals surface area contributed by atoms with Gasteiger partial charge in [0, 0.05) is 24.2 Å². The lowest BCUT2D eigenvalue weighted by molar-refractivity contribution is -0.387. The Balaban J connectivity index is 1.98. The molecule has 0 spiro atoms. The molecular formula is C14H18F2N2O2. The topological polar surface area (TPSA) is 55.2 Å². The maximum absolute atomic E-state index is 13.6. The molecule has 2 unspecified atom stereocenters. The molecule has 1 aromatic rings. The van der Waals surface area contributed by atoms with E-state index in [0.717, 1.165) is 19.0 Å². The van der Waals surface area contributed by atoms with Gasteiger partial charge in [0.25, 0.3) is 0 Å². The number of rotatable bonds is 5. The van der Waals surface area contributed by atoms with Crippen molar-refractivity contribution >= 4 is 5.69 Å². The summed E-state index contributed by atoms with van der Waals surface area (Å²) in [5, 5.41) is 13.7. The van der Waals surface area contributed by atoms with Crippen molar-refractivity contribution < 1.29 is 13.7 Å². The Bertz CT molecular complexity index is 508. The number of nitrogens with one attached hydrogen (secondary N) is 1. The molecule has 0 heterocycles. The molecule has 6 heteroatoms. The second-order valence-corrected chi connectivity index (χ2v) is 5.45. The van der Waals surface area contributed by atoms with Crippen LogP contribution in [0.25, 0.3) is 0 Å². The summed E-state index contributed by atoms with van der Waals surface area (Å²) < 4.78 is 26.8. The molecular weight excluding hydrogens is 266 g/mol. The molecule has 4 nitrogen and oxygen atoms in total. The highest BCUT2D eigenvalue weighted by Gasteiger charge is 2.23. The summed E-state index contributed by atoms with van der Waals surface area (Å²) in [4.78, 5) is 9.80. The van der Waals surface area contributed by atoms with Gasteiger partial charge in [0.2, 0.25) is 5.82 Å². The van der Waals surface area contributed by atoms with Gasteiger partial charge in [-0.15, -0.1) is 0 Å². The van der Waals surface area contributed by atoms with Gasteiger partial charge in [0.1, 0.15) is 5.82 Å². The van der Waals surface area contributed by atoms with E-state index in [-0.39, 0.29) is 12.1 Å². The quantitative estimate of drug-likeness (QED) is 0.666. The smallest absolute Gasteiger partial charge is 0.305 e. The van der Waals surface area contributed by atoms with Gasteiger partial charge in [-0.1, -0.05) is 19.8 Å². The summed E-state index contributed by atoms with van der Waals surface area (Å²) in [6.07, 6.45) is 3.58. The molecule has 110 valence electrons. The minimum absolute atomic E-state index is 0.128. The molecule has 1 fully saturated rings. The molecule has 2 rings (SSSR count). The second kappa shape index (κ2) is 6.26. The third kappa shape index (κ3) is 3.30. The molecule has 20 heavy (non-hydrogen) atoms. The largest absolute Gasteiger partial charge is 0.312 e. The van der Waals surface area contributed by atoms with Crippen molar-refractivity contribution in [1.29, 1.82) is 0 Å². The summed E-state index contributed by atoms with van der Waals surface area (Å²) in [5.41, 5.74) is -0.554. The highest BCUT2D eigenvalue weighted by Crippen LogP contribution is 2.30. The van der Waals surface area contributed by atoms with Crippen LogP contribution in [0, 0.1) is 33.6 Å². The van der Waals surface area contributed by atoms with E-state index >= 15 is 0 Å². The van der Waals surface area contributed by atoms with E-state index in [1.54, 1.807) is 0 Å². The molecule has 2 atom stereocenters. The molecule has 0 amide bonds. The zero-order valence-electron chi connectivity index (χ0n) is 11.4. The van der Waals surface area contributed by atoms with Gasteiger partial charge in [-0.25, -0.2) is 4.39 Å². The number of nitro benzene ring substituents is 1. The lowest BCUT2D eigenvalue weighted by atomic mass is 9.98. The molecule has 1 saturated carbocycles. The summed E-state index contributed by atoms with van der Waals surface area (Å²) in [6, 6.07) is 1.54. The van der Waals surface area contributed by atoms with Crippen LogP contribution in [-0.4, -0.2) is 11.5 Å². The Morgan fingerprint density at radius 3 is 2.70 bits per heavy atom. The molecule has 0 saturated heterocycles. The maximum atomic E-state index is 13.6. The van der Waals surface area contributed by atoms with E-state index < -0.39 is 22.2 Å². The lowest BCUT2D eigenvalue weighted by Crippen LogP contribution is -2.24. The summed E-state index contributed by atoms with van der Waals surface area (Å²) in [6.45, 7) is 3.13. The third-order valence-corrected chi connectivity index (χ3v) is 4.07. The highest BCUT2D eigenvalue weighted by molar-refractivity contribution is 5.37. The number of benzene rings is 1. The molecule has 1 aromatic carbocycles. The Morgan fingerprint density at radius 1 is 1.35 bits per heavy atom. The average Bonchev–Trinajstić information content (AvgIpc) is 2.77. The van der Waals surface area contributed by atoms with E-state index in [1.165, 1.54) is 12.8 Å². The number of nitrogens with zero attached hydrogens (tertiary/aromatic N) is 1. The minimum atomic E-state index is -1.14. The van der Waals surface area contributed by atoms with Crippen molar-refractivity contribution in [3.63, 3.8) is 0 Å². The van der Waals surface area contributed by atoms with Crippen LogP contribution < -0.4 is 5.32 Å². The lowest BCUT2D eigenvalue weighted by Gasteiger charge is -2.16. The van der Waals surface area contributed by atoms with Gasteiger partial charge in [-0.05, 0) is 24.8 Å². The van der Waals surface area contributed by atoms with Gasteiger partial charge in [0.15, 0.2) is 0 Å². The molecule has 1 N–H and O–H groups in total.